The molecule has 0 heterocycles. The van der Waals surface area contributed by atoms with Crippen molar-refractivity contribution in [2.45, 2.75) is 77.4 Å². The Balaban J connectivity index is 1.66. The topological polar surface area (TPSA) is 52.6 Å². The molecule has 26 heavy (non-hydrogen) atoms. The van der Waals surface area contributed by atoms with Crippen LogP contribution in [0.2, 0.25) is 0 Å². The molecule has 0 N–H and O–H groups in total. The molecule has 0 aromatic heterocycles. The van der Waals surface area contributed by atoms with Gasteiger partial charge in [-0.05, 0) is 62.5 Å². The van der Waals surface area contributed by atoms with Crippen molar-refractivity contribution < 1.29 is 19.1 Å². The molecular weight excluding hydrogens is 328 g/mol. The van der Waals surface area contributed by atoms with E-state index in [0.717, 1.165) is 38.5 Å². The average molecular weight is 358 g/mol. The van der Waals surface area contributed by atoms with Crippen LogP contribution in [0.15, 0.2) is 24.3 Å². The molecule has 3 rings (SSSR count). The fourth-order valence-corrected chi connectivity index (χ4v) is 4.24. The van der Waals surface area contributed by atoms with Gasteiger partial charge in [0.15, 0.2) is 0 Å². The minimum absolute atomic E-state index is 0.0467. The quantitative estimate of drug-likeness (QED) is 0.698. The summed E-state index contributed by atoms with van der Waals surface area (Å²) in [6.07, 6.45) is 8.07. The second-order valence-corrected chi connectivity index (χ2v) is 8.14. The van der Waals surface area contributed by atoms with E-state index in [1.807, 2.05) is 0 Å². The van der Waals surface area contributed by atoms with Crippen LogP contribution < -0.4 is 0 Å². The highest BCUT2D eigenvalue weighted by Gasteiger charge is 2.27. The van der Waals surface area contributed by atoms with E-state index >= 15 is 0 Å². The zero-order chi connectivity index (χ0) is 18.5. The van der Waals surface area contributed by atoms with Crippen LogP contribution in [0.5, 0.6) is 0 Å². The maximum Gasteiger partial charge on any atom is 0.339 e. The summed E-state index contributed by atoms with van der Waals surface area (Å²) in [6.45, 7) is 4.38. The van der Waals surface area contributed by atoms with Gasteiger partial charge in [0.2, 0.25) is 0 Å². The van der Waals surface area contributed by atoms with Crippen molar-refractivity contribution in [3.63, 3.8) is 0 Å². The summed E-state index contributed by atoms with van der Waals surface area (Å²) >= 11 is 0. The Bertz CT molecular complexity index is 584. The fourth-order valence-electron chi connectivity index (χ4n) is 4.24. The molecule has 4 heteroatoms. The molecule has 1 aromatic rings. The Kier molecular flexibility index (Phi) is 6.33. The predicted molar refractivity (Wildman–Crippen MR) is 100 cm³/mol. The number of benzene rings is 1. The first-order chi connectivity index (χ1) is 12.5. The van der Waals surface area contributed by atoms with Crippen LogP contribution in [0, 0.1) is 11.8 Å². The van der Waals surface area contributed by atoms with Gasteiger partial charge in [-0.3, -0.25) is 0 Å². The molecule has 0 bridgehead atoms. The van der Waals surface area contributed by atoms with Crippen LogP contribution in [0.1, 0.15) is 85.9 Å². The zero-order valence-electron chi connectivity index (χ0n) is 15.9. The molecular formula is C22H30O4. The molecule has 4 unspecified atom stereocenters. The van der Waals surface area contributed by atoms with Gasteiger partial charge in [-0.2, -0.15) is 0 Å². The summed E-state index contributed by atoms with van der Waals surface area (Å²) < 4.78 is 11.4. The van der Waals surface area contributed by atoms with Gasteiger partial charge in [0.25, 0.3) is 0 Å². The smallest absolute Gasteiger partial charge is 0.339 e. The first-order valence-corrected chi connectivity index (χ1v) is 10.0. The summed E-state index contributed by atoms with van der Waals surface area (Å²) in [5.74, 6) is 0.340. The van der Waals surface area contributed by atoms with Gasteiger partial charge in [0.1, 0.15) is 12.2 Å². The molecule has 2 saturated carbocycles. The molecule has 4 atom stereocenters. The molecule has 0 amide bonds. The van der Waals surface area contributed by atoms with E-state index in [2.05, 4.69) is 13.8 Å². The lowest BCUT2D eigenvalue weighted by molar-refractivity contribution is 0.0108. The van der Waals surface area contributed by atoms with Crippen LogP contribution in [-0.4, -0.2) is 24.1 Å². The van der Waals surface area contributed by atoms with E-state index in [4.69, 9.17) is 9.47 Å². The maximum absolute atomic E-state index is 12.7. The van der Waals surface area contributed by atoms with Crippen molar-refractivity contribution in [1.29, 1.82) is 0 Å². The summed E-state index contributed by atoms with van der Waals surface area (Å²) in [4.78, 5) is 25.3. The Labute approximate surface area is 156 Å². The normalized spacial score (nSPS) is 29.0. The van der Waals surface area contributed by atoms with Crippen molar-refractivity contribution >= 4 is 11.9 Å². The fraction of sp³-hybridized carbons (Fsp3) is 0.636. The van der Waals surface area contributed by atoms with Gasteiger partial charge in [0.05, 0.1) is 11.1 Å². The minimum Gasteiger partial charge on any atom is -0.459 e. The highest BCUT2D eigenvalue weighted by molar-refractivity contribution is 6.03. The average Bonchev–Trinajstić information content (AvgIpc) is 2.61. The number of esters is 2. The number of hydrogen-bond donors (Lipinski definition) is 0. The van der Waals surface area contributed by atoms with E-state index in [9.17, 15) is 9.59 Å². The Morgan fingerprint density at radius 3 is 1.58 bits per heavy atom. The Morgan fingerprint density at radius 2 is 1.19 bits per heavy atom. The van der Waals surface area contributed by atoms with Gasteiger partial charge >= 0.3 is 11.9 Å². The highest BCUT2D eigenvalue weighted by Crippen LogP contribution is 2.28. The summed E-state index contributed by atoms with van der Waals surface area (Å²) in [5, 5.41) is 0. The van der Waals surface area contributed by atoms with E-state index in [1.54, 1.807) is 24.3 Å². The Hall–Kier alpha value is -1.84. The molecule has 0 radical (unpaired) electrons. The number of hydrogen-bond acceptors (Lipinski definition) is 4. The predicted octanol–water partition coefficient (Wildman–Crippen LogP) is 5.16. The van der Waals surface area contributed by atoms with Gasteiger partial charge in [-0.1, -0.05) is 38.8 Å². The van der Waals surface area contributed by atoms with E-state index in [-0.39, 0.29) is 12.2 Å². The number of rotatable bonds is 4. The first kappa shape index (κ1) is 18.9. The number of carbonyl (C=O) groups is 2. The van der Waals surface area contributed by atoms with Crippen LogP contribution in [0.4, 0.5) is 0 Å². The van der Waals surface area contributed by atoms with Gasteiger partial charge < -0.3 is 9.47 Å². The third-order valence-corrected chi connectivity index (χ3v) is 5.69. The maximum atomic E-state index is 12.7. The van der Waals surface area contributed by atoms with Crippen LogP contribution >= 0.6 is 0 Å². The van der Waals surface area contributed by atoms with Gasteiger partial charge in [-0.25, -0.2) is 9.59 Å². The van der Waals surface area contributed by atoms with E-state index in [0.29, 0.717) is 23.0 Å². The molecule has 2 aliphatic carbocycles. The third kappa shape index (κ3) is 4.87. The molecule has 2 fully saturated rings. The zero-order valence-corrected chi connectivity index (χ0v) is 15.9. The molecule has 0 aliphatic heterocycles. The van der Waals surface area contributed by atoms with Gasteiger partial charge in [0, 0.05) is 0 Å². The van der Waals surface area contributed by atoms with Crippen molar-refractivity contribution in [3.8, 4) is 0 Å². The van der Waals surface area contributed by atoms with Crippen LogP contribution in [0.25, 0.3) is 0 Å². The molecule has 2 aliphatic rings. The molecule has 0 saturated heterocycles. The summed E-state index contributed by atoms with van der Waals surface area (Å²) in [7, 11) is 0. The molecule has 1 aromatic carbocycles. The van der Waals surface area contributed by atoms with Crippen molar-refractivity contribution in [1.82, 2.24) is 0 Å². The minimum atomic E-state index is -0.409. The van der Waals surface area contributed by atoms with Crippen LogP contribution in [-0.2, 0) is 9.47 Å². The monoisotopic (exact) mass is 358 g/mol. The largest absolute Gasteiger partial charge is 0.459 e. The summed E-state index contributed by atoms with van der Waals surface area (Å²) in [6, 6.07) is 6.85. The van der Waals surface area contributed by atoms with E-state index in [1.165, 1.54) is 12.8 Å². The summed E-state index contributed by atoms with van der Waals surface area (Å²) in [5.41, 5.74) is 0.638. The number of ether oxygens (including phenoxy) is 2. The molecule has 0 spiro atoms. The Morgan fingerprint density at radius 1 is 0.769 bits per heavy atom. The third-order valence-electron chi connectivity index (χ3n) is 5.69. The van der Waals surface area contributed by atoms with Gasteiger partial charge in [-0.15, -0.1) is 0 Å². The van der Waals surface area contributed by atoms with Crippen molar-refractivity contribution in [2.24, 2.45) is 11.8 Å². The van der Waals surface area contributed by atoms with E-state index < -0.39 is 11.9 Å². The molecule has 142 valence electrons. The lowest BCUT2D eigenvalue weighted by Gasteiger charge is -2.27. The van der Waals surface area contributed by atoms with Crippen molar-refractivity contribution in [2.75, 3.05) is 0 Å². The lowest BCUT2D eigenvalue weighted by atomic mass is 9.88. The highest BCUT2D eigenvalue weighted by atomic mass is 16.5. The standard InChI is InChI=1S/C22H30O4/c1-15-7-5-9-17(13-15)25-21(23)19-11-3-4-12-20(19)22(24)26-18-10-6-8-16(2)14-18/h3-4,11-12,15-18H,5-10,13-14H2,1-2H3. The lowest BCUT2D eigenvalue weighted by Crippen LogP contribution is -2.27. The second-order valence-electron chi connectivity index (χ2n) is 8.14. The first-order valence-electron chi connectivity index (χ1n) is 10.0. The SMILES string of the molecule is CC1CCCC(OC(=O)c2ccccc2C(=O)OC2CCCC(C)C2)C1. The molecule has 4 nitrogen and oxygen atoms in total. The van der Waals surface area contributed by atoms with Crippen molar-refractivity contribution in [3.05, 3.63) is 35.4 Å². The van der Waals surface area contributed by atoms with Crippen LogP contribution in [0.3, 0.4) is 0 Å². The second kappa shape index (κ2) is 8.70. The number of carbonyl (C=O) groups excluding carboxylic acids is 2.